The Morgan fingerprint density at radius 2 is 1.87 bits per heavy atom. The van der Waals surface area contributed by atoms with Crippen LogP contribution in [0.2, 0.25) is 0 Å². The molecule has 1 aliphatic heterocycles. The summed E-state index contributed by atoms with van der Waals surface area (Å²) in [6.07, 6.45) is 7.53. The standard InChI is InChI=1S/C16H32N4O2S/c1-4-20(23(3,21)22)11-7-10-18-16(17-2)19-12-14-8-5-6-9-15(14)13-19/h14-15H,4-13H2,1-3H3,(H,17,18). The van der Waals surface area contributed by atoms with Gasteiger partial charge >= 0.3 is 0 Å². The first-order valence-electron chi connectivity index (χ1n) is 8.86. The minimum atomic E-state index is -3.09. The van der Waals surface area contributed by atoms with Crippen molar-refractivity contribution in [3.05, 3.63) is 0 Å². The van der Waals surface area contributed by atoms with Crippen LogP contribution in [0.3, 0.4) is 0 Å². The van der Waals surface area contributed by atoms with E-state index in [9.17, 15) is 8.42 Å². The minimum absolute atomic E-state index is 0.531. The van der Waals surface area contributed by atoms with E-state index in [0.29, 0.717) is 13.1 Å². The second kappa shape index (κ2) is 8.33. The first-order chi connectivity index (χ1) is 11.0. The van der Waals surface area contributed by atoms with E-state index in [2.05, 4.69) is 15.2 Å². The molecule has 2 fully saturated rings. The molecule has 134 valence electrons. The molecule has 0 aromatic carbocycles. The minimum Gasteiger partial charge on any atom is -0.356 e. The zero-order valence-electron chi connectivity index (χ0n) is 14.8. The molecule has 6 nitrogen and oxygen atoms in total. The molecule has 2 unspecified atom stereocenters. The second-order valence-corrected chi connectivity index (χ2v) is 8.77. The topological polar surface area (TPSA) is 65.0 Å². The highest BCUT2D eigenvalue weighted by Crippen LogP contribution is 2.35. The Morgan fingerprint density at radius 3 is 2.35 bits per heavy atom. The molecular formula is C16H32N4O2S. The predicted octanol–water partition coefficient (Wildman–Crippen LogP) is 1.36. The van der Waals surface area contributed by atoms with Gasteiger partial charge in [-0.1, -0.05) is 19.8 Å². The van der Waals surface area contributed by atoms with Crippen molar-refractivity contribution in [2.24, 2.45) is 16.8 Å². The van der Waals surface area contributed by atoms with E-state index in [1.807, 2.05) is 14.0 Å². The lowest BCUT2D eigenvalue weighted by Crippen LogP contribution is -2.41. The van der Waals surface area contributed by atoms with Crippen molar-refractivity contribution in [3.8, 4) is 0 Å². The number of guanidine groups is 1. The van der Waals surface area contributed by atoms with Crippen molar-refractivity contribution < 1.29 is 8.42 Å². The molecule has 1 heterocycles. The molecule has 0 amide bonds. The van der Waals surface area contributed by atoms with Gasteiger partial charge in [-0.15, -0.1) is 0 Å². The van der Waals surface area contributed by atoms with Gasteiger partial charge in [0.2, 0.25) is 10.0 Å². The van der Waals surface area contributed by atoms with Crippen LogP contribution in [0.25, 0.3) is 0 Å². The average Bonchev–Trinajstić information content (AvgIpc) is 2.93. The average molecular weight is 345 g/mol. The van der Waals surface area contributed by atoms with Gasteiger partial charge < -0.3 is 10.2 Å². The van der Waals surface area contributed by atoms with Crippen molar-refractivity contribution in [3.63, 3.8) is 0 Å². The Balaban J connectivity index is 1.76. The zero-order chi connectivity index (χ0) is 16.9. The molecule has 7 heteroatoms. The molecule has 0 aromatic heterocycles. The lowest BCUT2D eigenvalue weighted by atomic mass is 9.82. The van der Waals surface area contributed by atoms with Crippen molar-refractivity contribution in [1.29, 1.82) is 0 Å². The van der Waals surface area contributed by atoms with Gasteiger partial charge in [0.15, 0.2) is 5.96 Å². The monoisotopic (exact) mass is 344 g/mol. The largest absolute Gasteiger partial charge is 0.356 e. The van der Waals surface area contributed by atoms with Gasteiger partial charge in [-0.2, -0.15) is 0 Å². The van der Waals surface area contributed by atoms with Crippen LogP contribution >= 0.6 is 0 Å². The van der Waals surface area contributed by atoms with Gasteiger partial charge in [0.1, 0.15) is 0 Å². The molecule has 2 atom stereocenters. The third kappa shape index (κ3) is 5.08. The number of fused-ring (bicyclic) bond motifs is 1. The van der Waals surface area contributed by atoms with E-state index < -0.39 is 10.0 Å². The van der Waals surface area contributed by atoms with Gasteiger partial charge in [-0.3, -0.25) is 4.99 Å². The molecule has 2 rings (SSSR count). The van der Waals surface area contributed by atoms with Crippen molar-refractivity contribution in [2.45, 2.75) is 39.0 Å². The van der Waals surface area contributed by atoms with Crippen molar-refractivity contribution >= 4 is 16.0 Å². The summed E-state index contributed by atoms with van der Waals surface area (Å²) in [5.74, 6) is 2.65. The quantitative estimate of drug-likeness (QED) is 0.449. The Kier molecular flexibility index (Phi) is 6.71. The van der Waals surface area contributed by atoms with E-state index in [0.717, 1.165) is 43.9 Å². The molecular weight excluding hydrogens is 312 g/mol. The lowest BCUT2D eigenvalue weighted by Gasteiger charge is -2.22. The number of nitrogens with zero attached hydrogens (tertiary/aromatic N) is 3. The number of aliphatic imine (C=N–C) groups is 1. The fraction of sp³-hybridized carbons (Fsp3) is 0.938. The van der Waals surface area contributed by atoms with Crippen LogP contribution < -0.4 is 5.32 Å². The summed E-state index contributed by atoms with van der Waals surface area (Å²) in [7, 11) is -1.25. The highest BCUT2D eigenvalue weighted by molar-refractivity contribution is 7.88. The number of sulfonamides is 1. The highest BCUT2D eigenvalue weighted by atomic mass is 32.2. The van der Waals surface area contributed by atoms with Crippen LogP contribution in [-0.2, 0) is 10.0 Å². The first kappa shape index (κ1) is 18.5. The van der Waals surface area contributed by atoms with Crippen LogP contribution in [0.15, 0.2) is 4.99 Å². The third-order valence-electron chi connectivity index (χ3n) is 5.18. The Bertz CT molecular complexity index is 492. The first-order valence-corrected chi connectivity index (χ1v) is 10.7. The molecule has 0 spiro atoms. The number of hydrogen-bond donors (Lipinski definition) is 1. The van der Waals surface area contributed by atoms with Gasteiger partial charge in [-0.05, 0) is 31.1 Å². The van der Waals surface area contributed by atoms with E-state index in [1.54, 1.807) is 0 Å². The maximum Gasteiger partial charge on any atom is 0.211 e. The number of hydrogen-bond acceptors (Lipinski definition) is 3. The summed E-state index contributed by atoms with van der Waals surface area (Å²) >= 11 is 0. The third-order valence-corrected chi connectivity index (χ3v) is 6.56. The second-order valence-electron chi connectivity index (χ2n) is 6.79. The SMILES string of the molecule is CCN(CCCNC(=NC)N1CC2CCCCC2C1)S(C)(=O)=O. The lowest BCUT2D eigenvalue weighted by molar-refractivity contribution is 0.299. The molecule has 1 N–H and O–H groups in total. The molecule has 2 aliphatic rings. The van der Waals surface area contributed by atoms with Crippen LogP contribution in [0, 0.1) is 11.8 Å². The molecule has 1 saturated heterocycles. The fourth-order valence-electron chi connectivity index (χ4n) is 3.93. The summed E-state index contributed by atoms with van der Waals surface area (Å²) < 4.78 is 24.7. The van der Waals surface area contributed by atoms with Crippen LogP contribution in [0.5, 0.6) is 0 Å². The maximum absolute atomic E-state index is 11.6. The smallest absolute Gasteiger partial charge is 0.211 e. The summed E-state index contributed by atoms with van der Waals surface area (Å²) in [4.78, 5) is 6.80. The van der Waals surface area contributed by atoms with Crippen molar-refractivity contribution in [1.82, 2.24) is 14.5 Å². The van der Waals surface area contributed by atoms with E-state index in [4.69, 9.17) is 0 Å². The fourth-order valence-corrected chi connectivity index (χ4v) is 4.85. The zero-order valence-corrected chi connectivity index (χ0v) is 15.6. The molecule has 1 saturated carbocycles. The summed E-state index contributed by atoms with van der Waals surface area (Å²) in [6, 6.07) is 0. The Hall–Kier alpha value is -0.820. The molecule has 0 bridgehead atoms. The van der Waals surface area contributed by atoms with Gasteiger partial charge in [0.25, 0.3) is 0 Å². The van der Waals surface area contributed by atoms with E-state index in [-0.39, 0.29) is 0 Å². The highest BCUT2D eigenvalue weighted by Gasteiger charge is 2.35. The predicted molar refractivity (Wildman–Crippen MR) is 95.1 cm³/mol. The normalized spacial score (nSPS) is 25.7. The van der Waals surface area contributed by atoms with Crippen LogP contribution in [0.4, 0.5) is 0 Å². The molecule has 23 heavy (non-hydrogen) atoms. The summed E-state index contributed by atoms with van der Waals surface area (Å²) in [5, 5.41) is 3.41. The number of likely N-dealkylation sites (tertiary alicyclic amines) is 1. The van der Waals surface area contributed by atoms with Crippen molar-refractivity contribution in [2.75, 3.05) is 46.0 Å². The van der Waals surface area contributed by atoms with Crippen LogP contribution in [-0.4, -0.2) is 69.6 Å². The van der Waals surface area contributed by atoms with Crippen LogP contribution in [0.1, 0.15) is 39.0 Å². The Morgan fingerprint density at radius 1 is 1.26 bits per heavy atom. The molecule has 0 radical (unpaired) electrons. The number of nitrogens with one attached hydrogen (secondary N) is 1. The summed E-state index contributed by atoms with van der Waals surface area (Å²) in [5.41, 5.74) is 0. The van der Waals surface area contributed by atoms with Gasteiger partial charge in [-0.25, -0.2) is 12.7 Å². The molecule has 1 aliphatic carbocycles. The van der Waals surface area contributed by atoms with E-state index in [1.165, 1.54) is 36.2 Å². The van der Waals surface area contributed by atoms with Gasteiger partial charge in [0, 0.05) is 39.8 Å². The Labute approximate surface area is 141 Å². The summed E-state index contributed by atoms with van der Waals surface area (Å²) in [6.45, 7) is 5.96. The van der Waals surface area contributed by atoms with E-state index >= 15 is 0 Å². The molecule has 0 aromatic rings. The van der Waals surface area contributed by atoms with Gasteiger partial charge in [0.05, 0.1) is 6.26 Å². The maximum atomic E-state index is 11.6. The number of rotatable bonds is 6.